The van der Waals surface area contributed by atoms with E-state index in [0.717, 1.165) is 0 Å². The molecule has 0 saturated heterocycles. The predicted molar refractivity (Wildman–Crippen MR) is 102 cm³/mol. The summed E-state index contributed by atoms with van der Waals surface area (Å²) in [6.07, 6.45) is 7.27. The molecule has 2 nitrogen and oxygen atoms in total. The van der Waals surface area contributed by atoms with E-state index in [-0.39, 0.29) is 11.0 Å². The molecule has 1 aliphatic heterocycles. The maximum Gasteiger partial charge on any atom is 0.295 e. The number of hydrogen-bond acceptors (Lipinski definition) is 0. The van der Waals surface area contributed by atoms with Crippen LogP contribution in [0, 0.1) is 0 Å². The van der Waals surface area contributed by atoms with Crippen molar-refractivity contribution in [1.82, 2.24) is 4.40 Å². The van der Waals surface area contributed by atoms with Crippen LogP contribution in [0.1, 0.15) is 45.1 Å². The monoisotopic (exact) mass is 327 g/mol. The van der Waals surface area contributed by atoms with Crippen molar-refractivity contribution in [2.24, 2.45) is 0 Å². The Morgan fingerprint density at radius 1 is 0.960 bits per heavy atom. The van der Waals surface area contributed by atoms with E-state index in [1.54, 1.807) is 5.56 Å². The zero-order valence-corrected chi connectivity index (χ0v) is 14.9. The normalized spacial score (nSPS) is 27.1. The molecular weight excluding hydrogens is 304 g/mol. The summed E-state index contributed by atoms with van der Waals surface area (Å²) in [6.45, 7) is 4.79. The van der Waals surface area contributed by atoms with Crippen LogP contribution in [-0.2, 0) is 11.0 Å². The van der Waals surface area contributed by atoms with Gasteiger partial charge in [-0.05, 0) is 54.8 Å². The van der Waals surface area contributed by atoms with Gasteiger partial charge in [-0.15, -0.1) is 0 Å². The summed E-state index contributed by atoms with van der Waals surface area (Å²) in [5, 5.41) is 2.86. The number of hydrogen-bond donors (Lipinski definition) is 0. The summed E-state index contributed by atoms with van der Waals surface area (Å²) in [7, 11) is 0. The zero-order valence-electron chi connectivity index (χ0n) is 14.9. The summed E-state index contributed by atoms with van der Waals surface area (Å²) in [4.78, 5) is 0. The van der Waals surface area contributed by atoms with E-state index in [2.05, 4.69) is 77.5 Å². The summed E-state index contributed by atoms with van der Waals surface area (Å²) >= 11 is 0. The molecular formula is C23H23N2+. The number of rotatable bonds is 2. The van der Waals surface area contributed by atoms with Gasteiger partial charge in [-0.2, -0.15) is 4.40 Å². The molecule has 2 aliphatic rings. The number of pyridine rings is 1. The standard InChI is InChI=1S/C23H23N2/c1-3-22-13-14-23(22,4-2)25-19-11-6-5-10-18(19)24-15-12-16-8-7-9-17(22)20(16)21(24)25/h5-12,15H,3-4,13-14H2,1-2H3/q+1. The van der Waals surface area contributed by atoms with Crippen LogP contribution in [0.25, 0.3) is 27.5 Å². The van der Waals surface area contributed by atoms with Crippen LogP contribution in [0.3, 0.4) is 0 Å². The van der Waals surface area contributed by atoms with Crippen LogP contribution in [0.2, 0.25) is 0 Å². The number of aromatic nitrogens is 2. The first-order valence-electron chi connectivity index (χ1n) is 9.65. The molecule has 0 bridgehead atoms. The molecule has 0 spiro atoms. The molecule has 25 heavy (non-hydrogen) atoms. The number of fused-ring (bicyclic) bond motifs is 6. The Labute approximate surface area is 147 Å². The Morgan fingerprint density at radius 2 is 1.84 bits per heavy atom. The lowest BCUT2D eigenvalue weighted by Crippen LogP contribution is -2.74. The van der Waals surface area contributed by atoms with Crippen molar-refractivity contribution < 1.29 is 4.57 Å². The Kier molecular flexibility index (Phi) is 2.36. The SMILES string of the molecule is CCC12CCC1(CC)[n+]1c3ccccc3n3ccc4cccc2c4c31. The van der Waals surface area contributed by atoms with Gasteiger partial charge in [0.2, 0.25) is 0 Å². The summed E-state index contributed by atoms with van der Waals surface area (Å²) < 4.78 is 5.15. The third-order valence-corrected chi connectivity index (χ3v) is 7.53. The number of nitrogens with zero attached hydrogens (tertiary/aromatic N) is 2. The smallest absolute Gasteiger partial charge is 0.216 e. The van der Waals surface area contributed by atoms with Gasteiger partial charge in [0.25, 0.3) is 5.65 Å². The fraction of sp³-hybridized carbons (Fsp3) is 0.348. The van der Waals surface area contributed by atoms with Crippen LogP contribution in [0.15, 0.2) is 54.7 Å². The highest BCUT2D eigenvalue weighted by Gasteiger charge is 2.65. The van der Waals surface area contributed by atoms with Gasteiger partial charge in [0.05, 0.1) is 11.6 Å². The maximum absolute atomic E-state index is 2.73. The number of benzene rings is 2. The lowest BCUT2D eigenvalue weighted by Gasteiger charge is -2.59. The van der Waals surface area contributed by atoms with Gasteiger partial charge < -0.3 is 0 Å². The highest BCUT2D eigenvalue weighted by Crippen LogP contribution is 2.61. The summed E-state index contributed by atoms with van der Waals surface area (Å²) in [5.41, 5.74) is 6.22. The fourth-order valence-corrected chi connectivity index (χ4v) is 6.32. The van der Waals surface area contributed by atoms with Gasteiger partial charge in [-0.25, -0.2) is 4.57 Å². The Balaban J connectivity index is 1.99. The Bertz CT molecular complexity index is 1180. The van der Waals surface area contributed by atoms with E-state index in [1.807, 2.05) is 0 Å². The summed E-state index contributed by atoms with van der Waals surface area (Å²) in [6, 6.07) is 18.2. The molecule has 2 aromatic heterocycles. The van der Waals surface area contributed by atoms with E-state index in [0.29, 0.717) is 0 Å². The lowest BCUT2D eigenvalue weighted by molar-refractivity contribution is -0.748. The van der Waals surface area contributed by atoms with Crippen LogP contribution < -0.4 is 4.57 Å². The molecule has 2 aromatic carbocycles. The molecule has 0 radical (unpaired) electrons. The van der Waals surface area contributed by atoms with Crippen molar-refractivity contribution >= 4 is 27.5 Å². The zero-order chi connectivity index (χ0) is 16.8. The molecule has 1 saturated carbocycles. The van der Waals surface area contributed by atoms with Crippen LogP contribution in [0.5, 0.6) is 0 Å². The highest BCUT2D eigenvalue weighted by atomic mass is 15.2. The minimum atomic E-state index is 0.221. The average Bonchev–Trinajstić information content (AvgIpc) is 2.98. The van der Waals surface area contributed by atoms with Gasteiger partial charge in [0.1, 0.15) is 5.54 Å². The van der Waals surface area contributed by atoms with Gasteiger partial charge in [-0.1, -0.05) is 44.2 Å². The van der Waals surface area contributed by atoms with Crippen molar-refractivity contribution in [3.05, 3.63) is 60.3 Å². The lowest BCUT2D eigenvalue weighted by atomic mass is 9.48. The second kappa shape index (κ2) is 4.24. The molecule has 0 N–H and O–H groups in total. The first-order chi connectivity index (χ1) is 12.3. The predicted octanol–water partition coefficient (Wildman–Crippen LogP) is 5.09. The van der Waals surface area contributed by atoms with Crippen LogP contribution in [-0.4, -0.2) is 4.40 Å². The van der Waals surface area contributed by atoms with Crippen molar-refractivity contribution in [2.75, 3.05) is 0 Å². The third-order valence-electron chi connectivity index (χ3n) is 7.53. The van der Waals surface area contributed by atoms with E-state index in [1.165, 1.54) is 53.1 Å². The Hall–Kier alpha value is -2.35. The molecule has 2 heteroatoms. The first-order valence-corrected chi connectivity index (χ1v) is 9.65. The summed E-state index contributed by atoms with van der Waals surface area (Å²) in [5.74, 6) is 0. The van der Waals surface area contributed by atoms with E-state index < -0.39 is 0 Å². The average molecular weight is 327 g/mol. The molecule has 1 fully saturated rings. The minimum Gasteiger partial charge on any atom is -0.216 e. The van der Waals surface area contributed by atoms with Gasteiger partial charge in [0.15, 0.2) is 11.0 Å². The van der Waals surface area contributed by atoms with Crippen LogP contribution in [0.4, 0.5) is 0 Å². The molecule has 3 heterocycles. The topological polar surface area (TPSA) is 8.29 Å². The maximum atomic E-state index is 2.73. The molecule has 6 rings (SSSR count). The molecule has 1 aliphatic carbocycles. The van der Waals surface area contributed by atoms with Gasteiger partial charge in [0, 0.05) is 5.41 Å². The van der Waals surface area contributed by atoms with Crippen molar-refractivity contribution in [1.29, 1.82) is 0 Å². The quantitative estimate of drug-likeness (QED) is 0.453. The van der Waals surface area contributed by atoms with Crippen molar-refractivity contribution in [3.63, 3.8) is 0 Å². The minimum absolute atomic E-state index is 0.221. The highest BCUT2D eigenvalue weighted by molar-refractivity contribution is 5.99. The van der Waals surface area contributed by atoms with E-state index >= 15 is 0 Å². The first kappa shape index (κ1) is 13.9. The van der Waals surface area contributed by atoms with Gasteiger partial charge in [-0.3, -0.25) is 0 Å². The largest absolute Gasteiger partial charge is 0.295 e. The Morgan fingerprint density at radius 3 is 2.60 bits per heavy atom. The van der Waals surface area contributed by atoms with Gasteiger partial charge >= 0.3 is 0 Å². The van der Waals surface area contributed by atoms with Crippen molar-refractivity contribution in [3.8, 4) is 0 Å². The molecule has 4 aromatic rings. The number of imidazole rings is 1. The van der Waals surface area contributed by atoms with Crippen molar-refractivity contribution in [2.45, 2.75) is 50.5 Å². The second-order valence-corrected chi connectivity index (χ2v) is 7.92. The molecule has 0 amide bonds. The fourth-order valence-electron chi connectivity index (χ4n) is 6.32. The van der Waals surface area contributed by atoms with Crippen LogP contribution >= 0.6 is 0 Å². The second-order valence-electron chi connectivity index (χ2n) is 7.92. The third kappa shape index (κ3) is 1.25. The van der Waals surface area contributed by atoms with E-state index in [4.69, 9.17) is 0 Å². The molecule has 2 atom stereocenters. The molecule has 2 unspecified atom stereocenters. The number of para-hydroxylation sites is 2. The molecule has 124 valence electrons. The van der Waals surface area contributed by atoms with E-state index in [9.17, 15) is 0 Å².